The summed E-state index contributed by atoms with van der Waals surface area (Å²) >= 11 is 1.72. The predicted octanol–water partition coefficient (Wildman–Crippen LogP) is 1.57. The Morgan fingerprint density at radius 3 is 3.12 bits per heavy atom. The largest absolute Gasteiger partial charge is 0.446 e. The predicted molar refractivity (Wildman–Crippen MR) is 69.1 cm³/mol. The minimum Gasteiger partial charge on any atom is -0.446 e. The fourth-order valence-corrected chi connectivity index (χ4v) is 1.75. The molecule has 1 unspecified atom stereocenters. The number of carbonyl (C=O) groups is 1. The number of hydrogen-bond donors (Lipinski definition) is 2. The van der Waals surface area contributed by atoms with E-state index in [0.29, 0.717) is 18.1 Å². The molecule has 5 nitrogen and oxygen atoms in total. The highest BCUT2D eigenvalue weighted by molar-refractivity contribution is 7.98. The van der Waals surface area contributed by atoms with Gasteiger partial charge in [0.05, 0.1) is 6.04 Å². The van der Waals surface area contributed by atoms with Crippen LogP contribution < -0.4 is 11.1 Å². The quantitative estimate of drug-likeness (QED) is 0.775. The summed E-state index contributed by atoms with van der Waals surface area (Å²) in [5.74, 6) is 1.17. The monoisotopic (exact) mass is 257 g/mol. The number of nitrogens with zero attached hydrogens (tertiary/aromatic N) is 1. The molecule has 1 rings (SSSR count). The molecule has 0 saturated carbocycles. The number of hydrogen-bond acceptors (Lipinski definition) is 5. The first kappa shape index (κ1) is 14.1. The van der Waals surface area contributed by atoms with Gasteiger partial charge in [0.15, 0.2) is 5.69 Å². The van der Waals surface area contributed by atoms with E-state index < -0.39 is 0 Å². The summed E-state index contributed by atoms with van der Waals surface area (Å²) in [5, 5.41) is 2.74. The van der Waals surface area contributed by atoms with Crippen molar-refractivity contribution in [2.45, 2.75) is 25.8 Å². The number of thioether (sulfide) groups is 1. The van der Waals surface area contributed by atoms with Crippen molar-refractivity contribution in [3.8, 4) is 0 Å². The van der Waals surface area contributed by atoms with E-state index in [1.54, 1.807) is 11.8 Å². The molecule has 0 saturated heterocycles. The number of aromatic nitrogens is 1. The highest BCUT2D eigenvalue weighted by Gasteiger charge is 2.16. The first-order valence-corrected chi connectivity index (χ1v) is 7.06. The number of carbonyl (C=O) groups excluding carboxylic acids is 1. The van der Waals surface area contributed by atoms with Gasteiger partial charge in [-0.25, -0.2) is 4.98 Å². The van der Waals surface area contributed by atoms with Crippen molar-refractivity contribution in [2.75, 3.05) is 18.6 Å². The van der Waals surface area contributed by atoms with Gasteiger partial charge in [0.2, 0.25) is 5.89 Å². The lowest BCUT2D eigenvalue weighted by atomic mass is 10.2. The normalized spacial score (nSPS) is 12.4. The minimum atomic E-state index is -0.241. The van der Waals surface area contributed by atoms with Gasteiger partial charge in [0.25, 0.3) is 5.91 Å². The van der Waals surface area contributed by atoms with Crippen LogP contribution in [-0.4, -0.2) is 29.4 Å². The number of rotatable bonds is 7. The van der Waals surface area contributed by atoms with E-state index in [9.17, 15) is 4.79 Å². The Kier molecular flexibility index (Phi) is 6.07. The molecule has 1 atom stereocenters. The van der Waals surface area contributed by atoms with Crippen molar-refractivity contribution in [1.82, 2.24) is 10.3 Å². The van der Waals surface area contributed by atoms with E-state index >= 15 is 0 Å². The lowest BCUT2D eigenvalue weighted by molar-refractivity contribution is 0.0948. The molecular formula is C11H19N3O2S. The summed E-state index contributed by atoms with van der Waals surface area (Å²) in [6, 6.07) is -0.241. The van der Waals surface area contributed by atoms with Crippen molar-refractivity contribution in [1.29, 1.82) is 0 Å². The molecule has 1 aromatic heterocycles. The average molecular weight is 257 g/mol. The average Bonchev–Trinajstić information content (AvgIpc) is 2.82. The van der Waals surface area contributed by atoms with Gasteiger partial charge in [0.1, 0.15) is 6.26 Å². The van der Waals surface area contributed by atoms with Gasteiger partial charge >= 0.3 is 0 Å². The van der Waals surface area contributed by atoms with E-state index in [0.717, 1.165) is 18.6 Å². The molecule has 0 aliphatic rings. The van der Waals surface area contributed by atoms with E-state index in [1.807, 2.05) is 13.2 Å². The van der Waals surface area contributed by atoms with E-state index in [1.165, 1.54) is 6.26 Å². The third-order valence-electron chi connectivity index (χ3n) is 2.24. The van der Waals surface area contributed by atoms with Gasteiger partial charge in [-0.3, -0.25) is 4.79 Å². The molecule has 0 aliphatic carbocycles. The maximum absolute atomic E-state index is 11.6. The van der Waals surface area contributed by atoms with Crippen LogP contribution >= 0.6 is 11.8 Å². The summed E-state index contributed by atoms with van der Waals surface area (Å²) in [7, 11) is 0. The molecule has 0 aromatic carbocycles. The fourth-order valence-electron chi connectivity index (χ4n) is 1.26. The third kappa shape index (κ3) is 4.40. The molecule has 0 fully saturated rings. The van der Waals surface area contributed by atoms with Crippen LogP contribution in [0.4, 0.5) is 0 Å². The Hall–Kier alpha value is -1.01. The van der Waals surface area contributed by atoms with Crippen molar-refractivity contribution in [2.24, 2.45) is 5.73 Å². The van der Waals surface area contributed by atoms with Gasteiger partial charge in [-0.05, 0) is 24.9 Å². The lowest BCUT2D eigenvalue weighted by Crippen LogP contribution is -2.24. The Bertz CT molecular complexity index is 354. The fraction of sp³-hybridized carbons (Fsp3) is 0.636. The van der Waals surface area contributed by atoms with E-state index in [-0.39, 0.29) is 11.9 Å². The van der Waals surface area contributed by atoms with Crippen molar-refractivity contribution in [3.63, 3.8) is 0 Å². The number of amides is 1. The summed E-state index contributed by atoms with van der Waals surface area (Å²) in [5.41, 5.74) is 6.19. The Morgan fingerprint density at radius 2 is 2.47 bits per heavy atom. The summed E-state index contributed by atoms with van der Waals surface area (Å²) in [6.07, 6.45) is 5.06. The van der Waals surface area contributed by atoms with E-state index in [4.69, 9.17) is 10.2 Å². The van der Waals surface area contributed by atoms with Crippen molar-refractivity contribution < 1.29 is 9.21 Å². The zero-order valence-electron chi connectivity index (χ0n) is 10.2. The van der Waals surface area contributed by atoms with Gasteiger partial charge in [-0.2, -0.15) is 11.8 Å². The van der Waals surface area contributed by atoms with Crippen LogP contribution in [0.5, 0.6) is 0 Å². The molecule has 0 radical (unpaired) electrons. The van der Waals surface area contributed by atoms with Gasteiger partial charge in [-0.15, -0.1) is 0 Å². The van der Waals surface area contributed by atoms with Crippen LogP contribution in [0.2, 0.25) is 0 Å². The van der Waals surface area contributed by atoms with Crippen LogP contribution in [0, 0.1) is 0 Å². The Balaban J connectivity index is 2.54. The molecule has 0 aliphatic heterocycles. The maximum atomic E-state index is 11.6. The van der Waals surface area contributed by atoms with Crippen molar-refractivity contribution in [3.05, 3.63) is 17.8 Å². The van der Waals surface area contributed by atoms with Gasteiger partial charge in [0, 0.05) is 6.54 Å². The molecule has 17 heavy (non-hydrogen) atoms. The van der Waals surface area contributed by atoms with Crippen LogP contribution in [0.1, 0.15) is 42.2 Å². The number of nitrogens with two attached hydrogens (primary N) is 1. The lowest BCUT2D eigenvalue weighted by Gasteiger charge is -2.04. The second-order valence-electron chi connectivity index (χ2n) is 3.71. The topological polar surface area (TPSA) is 81.2 Å². The second kappa shape index (κ2) is 7.34. The number of oxazole rings is 1. The summed E-state index contributed by atoms with van der Waals surface area (Å²) < 4.78 is 5.22. The van der Waals surface area contributed by atoms with Crippen LogP contribution in [0.3, 0.4) is 0 Å². The number of nitrogens with one attached hydrogen (secondary N) is 1. The highest BCUT2D eigenvalue weighted by Crippen LogP contribution is 2.15. The zero-order chi connectivity index (χ0) is 12.7. The summed E-state index contributed by atoms with van der Waals surface area (Å²) in [6.45, 7) is 2.63. The van der Waals surface area contributed by atoms with Crippen LogP contribution in [0.25, 0.3) is 0 Å². The van der Waals surface area contributed by atoms with Crippen LogP contribution in [0.15, 0.2) is 10.7 Å². The molecule has 1 aromatic rings. The smallest absolute Gasteiger partial charge is 0.273 e. The molecule has 0 spiro atoms. The molecular weight excluding hydrogens is 238 g/mol. The van der Waals surface area contributed by atoms with Crippen LogP contribution in [-0.2, 0) is 0 Å². The standard InChI is InChI=1S/C11H19N3O2S/c1-3-5-13-10(15)9-7-16-11(14-9)8(12)4-6-17-2/h7-8H,3-6,12H2,1-2H3,(H,13,15). The second-order valence-corrected chi connectivity index (χ2v) is 4.70. The molecule has 96 valence electrons. The SMILES string of the molecule is CCCNC(=O)c1coc(C(N)CCSC)n1. The Labute approximate surface area is 106 Å². The third-order valence-corrected chi connectivity index (χ3v) is 2.88. The zero-order valence-corrected chi connectivity index (χ0v) is 11.0. The van der Waals surface area contributed by atoms with Gasteiger partial charge < -0.3 is 15.5 Å². The molecule has 3 N–H and O–H groups in total. The van der Waals surface area contributed by atoms with Crippen molar-refractivity contribution >= 4 is 17.7 Å². The summed E-state index contributed by atoms with van der Waals surface area (Å²) in [4.78, 5) is 15.7. The first-order valence-electron chi connectivity index (χ1n) is 5.67. The van der Waals surface area contributed by atoms with Gasteiger partial charge in [-0.1, -0.05) is 6.92 Å². The molecule has 6 heteroatoms. The first-order chi connectivity index (χ1) is 8.19. The highest BCUT2D eigenvalue weighted by atomic mass is 32.2. The molecule has 1 amide bonds. The molecule has 0 bridgehead atoms. The Morgan fingerprint density at radius 1 is 1.71 bits per heavy atom. The maximum Gasteiger partial charge on any atom is 0.273 e. The van der Waals surface area contributed by atoms with E-state index in [2.05, 4.69) is 10.3 Å². The minimum absolute atomic E-state index is 0.209. The molecule has 1 heterocycles.